The van der Waals surface area contributed by atoms with Crippen LogP contribution in [-0.4, -0.2) is 75.1 Å². The second-order valence-electron chi connectivity index (χ2n) is 6.90. The van der Waals surface area contributed by atoms with Gasteiger partial charge in [-0.25, -0.2) is 0 Å². The SMILES string of the molecule is C=C(c1cc(O)cc(O)c1)c1ccc(OC)c(O[C@@H]2O[C@H](CO)[C@@H](O)[C@H](O)[C@H]2O)c1. The predicted octanol–water partition coefficient (Wildman–Crippen LogP) is 0.347. The Balaban J connectivity index is 1.90. The number of aliphatic hydroxyl groups is 4. The molecule has 0 radical (unpaired) electrons. The van der Waals surface area contributed by atoms with Crippen molar-refractivity contribution >= 4 is 5.57 Å². The highest BCUT2D eigenvalue weighted by Gasteiger charge is 2.45. The zero-order valence-corrected chi connectivity index (χ0v) is 16.2. The van der Waals surface area contributed by atoms with Crippen molar-refractivity contribution in [3.8, 4) is 23.0 Å². The van der Waals surface area contributed by atoms with Crippen LogP contribution in [0.15, 0.2) is 43.0 Å². The van der Waals surface area contributed by atoms with E-state index in [0.717, 1.165) is 0 Å². The third-order valence-electron chi connectivity index (χ3n) is 4.85. The zero-order valence-electron chi connectivity index (χ0n) is 16.2. The molecule has 6 N–H and O–H groups in total. The molecular formula is C21H24O9. The molecule has 0 amide bonds. The molecule has 0 aromatic heterocycles. The lowest BCUT2D eigenvalue weighted by molar-refractivity contribution is -0.277. The normalized spacial score (nSPS) is 26.2. The van der Waals surface area contributed by atoms with Crippen molar-refractivity contribution in [2.24, 2.45) is 0 Å². The first kappa shape index (κ1) is 21.9. The van der Waals surface area contributed by atoms with E-state index >= 15 is 0 Å². The maximum Gasteiger partial charge on any atom is 0.229 e. The molecule has 3 rings (SSSR count). The highest BCUT2D eigenvalue weighted by Crippen LogP contribution is 2.36. The number of rotatable bonds is 6. The summed E-state index contributed by atoms with van der Waals surface area (Å²) in [6, 6.07) is 8.88. The standard InChI is InChI=1S/C21H24O9/c1-10(12-5-13(23)8-14(24)6-12)11-3-4-15(28-2)16(7-11)29-21-20(27)19(26)18(25)17(9-22)30-21/h3-8,17-27H,1,9H2,2H3/t17-,18-,19+,20-,21-/m1/s1. The van der Waals surface area contributed by atoms with Gasteiger partial charge in [0.25, 0.3) is 0 Å². The molecule has 0 bridgehead atoms. The Kier molecular flexibility index (Phi) is 6.49. The number of aliphatic hydroxyl groups excluding tert-OH is 4. The fourth-order valence-corrected chi connectivity index (χ4v) is 3.18. The molecule has 1 saturated heterocycles. The van der Waals surface area contributed by atoms with E-state index < -0.39 is 37.3 Å². The van der Waals surface area contributed by atoms with Crippen LogP contribution in [0.5, 0.6) is 23.0 Å². The molecule has 5 atom stereocenters. The van der Waals surface area contributed by atoms with Gasteiger partial charge >= 0.3 is 0 Å². The van der Waals surface area contributed by atoms with Crippen molar-refractivity contribution in [1.82, 2.24) is 0 Å². The monoisotopic (exact) mass is 420 g/mol. The van der Waals surface area contributed by atoms with Crippen molar-refractivity contribution in [3.63, 3.8) is 0 Å². The molecule has 1 fully saturated rings. The Hall–Kier alpha value is -2.82. The Bertz CT molecular complexity index is 891. The minimum Gasteiger partial charge on any atom is -0.508 e. The first-order chi connectivity index (χ1) is 14.2. The first-order valence-electron chi connectivity index (χ1n) is 9.13. The highest BCUT2D eigenvalue weighted by molar-refractivity contribution is 5.80. The van der Waals surface area contributed by atoms with E-state index in [4.69, 9.17) is 14.2 Å². The number of ether oxygens (including phenoxy) is 3. The lowest BCUT2D eigenvalue weighted by atomic mass is 9.98. The Morgan fingerprint density at radius 2 is 1.60 bits per heavy atom. The minimum absolute atomic E-state index is 0.127. The number of phenols is 2. The molecule has 1 heterocycles. The van der Waals surface area contributed by atoms with Gasteiger partial charge in [0.15, 0.2) is 11.5 Å². The van der Waals surface area contributed by atoms with E-state index in [1.165, 1.54) is 25.3 Å². The second kappa shape index (κ2) is 8.90. The smallest absolute Gasteiger partial charge is 0.229 e. The van der Waals surface area contributed by atoms with Gasteiger partial charge < -0.3 is 44.8 Å². The van der Waals surface area contributed by atoms with Crippen molar-refractivity contribution in [1.29, 1.82) is 0 Å². The van der Waals surface area contributed by atoms with Crippen LogP contribution in [0.4, 0.5) is 0 Å². The van der Waals surface area contributed by atoms with Crippen molar-refractivity contribution < 1.29 is 44.8 Å². The van der Waals surface area contributed by atoms with E-state index in [0.29, 0.717) is 22.4 Å². The van der Waals surface area contributed by atoms with Crippen molar-refractivity contribution in [2.75, 3.05) is 13.7 Å². The first-order valence-corrected chi connectivity index (χ1v) is 9.13. The fourth-order valence-electron chi connectivity index (χ4n) is 3.18. The van der Waals surface area contributed by atoms with Gasteiger partial charge in [-0.2, -0.15) is 0 Å². The summed E-state index contributed by atoms with van der Waals surface area (Å²) in [7, 11) is 1.41. The van der Waals surface area contributed by atoms with E-state index in [1.54, 1.807) is 18.2 Å². The number of hydrogen-bond acceptors (Lipinski definition) is 9. The van der Waals surface area contributed by atoms with Gasteiger partial charge in [-0.3, -0.25) is 0 Å². The number of phenolic OH excluding ortho intramolecular Hbond substituents is 2. The topological polar surface area (TPSA) is 149 Å². The van der Waals surface area contributed by atoms with Crippen LogP contribution < -0.4 is 9.47 Å². The fraction of sp³-hybridized carbons (Fsp3) is 0.333. The van der Waals surface area contributed by atoms with Crippen LogP contribution in [0.1, 0.15) is 11.1 Å². The highest BCUT2D eigenvalue weighted by atomic mass is 16.7. The zero-order chi connectivity index (χ0) is 22.0. The molecule has 30 heavy (non-hydrogen) atoms. The average Bonchev–Trinajstić information content (AvgIpc) is 2.72. The summed E-state index contributed by atoms with van der Waals surface area (Å²) in [5, 5.41) is 58.8. The molecule has 1 aliphatic rings. The van der Waals surface area contributed by atoms with E-state index in [9.17, 15) is 30.6 Å². The predicted molar refractivity (Wildman–Crippen MR) is 105 cm³/mol. The van der Waals surface area contributed by atoms with Gasteiger partial charge in [0.1, 0.15) is 35.9 Å². The molecular weight excluding hydrogens is 396 g/mol. The lowest BCUT2D eigenvalue weighted by Crippen LogP contribution is -2.60. The largest absolute Gasteiger partial charge is 0.508 e. The van der Waals surface area contributed by atoms with Crippen LogP contribution in [0, 0.1) is 0 Å². The Labute approximate surface area is 172 Å². The van der Waals surface area contributed by atoms with E-state index in [-0.39, 0.29) is 17.2 Å². The number of aromatic hydroxyl groups is 2. The summed E-state index contributed by atoms with van der Waals surface area (Å²) in [4.78, 5) is 0. The van der Waals surface area contributed by atoms with Gasteiger partial charge in [0.2, 0.25) is 6.29 Å². The van der Waals surface area contributed by atoms with Gasteiger partial charge in [0, 0.05) is 6.07 Å². The van der Waals surface area contributed by atoms with Crippen LogP contribution in [0.2, 0.25) is 0 Å². The third-order valence-corrected chi connectivity index (χ3v) is 4.85. The average molecular weight is 420 g/mol. The van der Waals surface area contributed by atoms with Crippen LogP contribution in [-0.2, 0) is 4.74 Å². The molecule has 9 nitrogen and oxygen atoms in total. The third kappa shape index (κ3) is 4.35. The maximum absolute atomic E-state index is 10.2. The van der Waals surface area contributed by atoms with Gasteiger partial charge in [-0.1, -0.05) is 12.6 Å². The van der Waals surface area contributed by atoms with Crippen LogP contribution in [0.3, 0.4) is 0 Å². The van der Waals surface area contributed by atoms with Gasteiger partial charge in [0.05, 0.1) is 13.7 Å². The summed E-state index contributed by atoms with van der Waals surface area (Å²) in [5.41, 5.74) is 1.49. The van der Waals surface area contributed by atoms with Gasteiger partial charge in [-0.05, 0) is 41.0 Å². The summed E-state index contributed by atoms with van der Waals surface area (Å²) < 4.78 is 16.3. The molecule has 2 aromatic rings. The lowest BCUT2D eigenvalue weighted by Gasteiger charge is -2.39. The van der Waals surface area contributed by atoms with Gasteiger partial charge in [-0.15, -0.1) is 0 Å². The Morgan fingerprint density at radius 3 is 2.20 bits per heavy atom. The van der Waals surface area contributed by atoms with Crippen molar-refractivity contribution in [3.05, 3.63) is 54.1 Å². The molecule has 0 saturated carbocycles. The number of methoxy groups -OCH3 is 1. The summed E-state index contributed by atoms with van der Waals surface area (Å²) in [5.74, 6) is 0.182. The van der Waals surface area contributed by atoms with E-state index in [1.807, 2.05) is 0 Å². The Morgan fingerprint density at radius 1 is 0.933 bits per heavy atom. The molecule has 0 aliphatic carbocycles. The van der Waals surface area contributed by atoms with Crippen LogP contribution in [0.25, 0.3) is 5.57 Å². The molecule has 0 unspecified atom stereocenters. The molecule has 1 aliphatic heterocycles. The molecule has 2 aromatic carbocycles. The quantitative estimate of drug-likeness (QED) is 0.389. The number of hydrogen-bond donors (Lipinski definition) is 6. The molecule has 0 spiro atoms. The summed E-state index contributed by atoms with van der Waals surface area (Å²) in [6.45, 7) is 3.39. The number of benzene rings is 2. The molecule has 162 valence electrons. The van der Waals surface area contributed by atoms with E-state index in [2.05, 4.69) is 6.58 Å². The summed E-state index contributed by atoms with van der Waals surface area (Å²) in [6.07, 6.45) is -7.17. The van der Waals surface area contributed by atoms with Crippen LogP contribution >= 0.6 is 0 Å². The minimum atomic E-state index is -1.58. The second-order valence-corrected chi connectivity index (χ2v) is 6.90. The molecule has 9 heteroatoms. The van der Waals surface area contributed by atoms with Crippen molar-refractivity contribution in [2.45, 2.75) is 30.7 Å². The summed E-state index contributed by atoms with van der Waals surface area (Å²) >= 11 is 0. The maximum atomic E-state index is 10.2.